The zero-order valence-corrected chi connectivity index (χ0v) is 18.1. The summed E-state index contributed by atoms with van der Waals surface area (Å²) in [6.45, 7) is 0. The summed E-state index contributed by atoms with van der Waals surface area (Å²) in [4.78, 5) is 8.32. The molecule has 26 heavy (non-hydrogen) atoms. The molecule has 0 saturated carbocycles. The second-order valence-corrected chi connectivity index (χ2v) is 12.1. The van der Waals surface area contributed by atoms with Crippen molar-refractivity contribution in [1.82, 2.24) is 0 Å². The van der Waals surface area contributed by atoms with E-state index >= 15 is 0 Å². The van der Waals surface area contributed by atoms with Crippen LogP contribution in [0.1, 0.15) is 0 Å². The number of hydrogen-bond acceptors (Lipinski definition) is 6. The highest BCUT2D eigenvalue weighted by Crippen LogP contribution is 2.47. The Morgan fingerprint density at radius 1 is 0.423 bits per heavy atom. The first-order chi connectivity index (χ1) is 12.8. The van der Waals surface area contributed by atoms with Gasteiger partial charge in [0, 0.05) is 48.1 Å². The zero-order chi connectivity index (χ0) is 17.1. The van der Waals surface area contributed by atoms with E-state index in [0.29, 0.717) is 0 Å². The van der Waals surface area contributed by atoms with Crippen molar-refractivity contribution < 1.29 is 0 Å². The topological polar surface area (TPSA) is 0 Å². The normalized spacial score (nSPS) is 11.8. The van der Waals surface area contributed by atoms with Crippen molar-refractivity contribution in [3.05, 3.63) is 59.3 Å². The highest BCUT2D eigenvalue weighted by molar-refractivity contribution is 7.35. The highest BCUT2D eigenvalue weighted by Gasteiger charge is 2.14. The summed E-state index contributed by atoms with van der Waals surface area (Å²) in [6, 6.07) is 18.1. The molecule has 6 aromatic rings. The van der Waals surface area contributed by atoms with Crippen molar-refractivity contribution in [3.8, 4) is 29.3 Å². The highest BCUT2D eigenvalue weighted by atomic mass is 32.1. The largest absolute Gasteiger partial charge is 0.143 e. The number of rotatable bonds is 3. The molecule has 6 heteroatoms. The van der Waals surface area contributed by atoms with Crippen molar-refractivity contribution in [3.63, 3.8) is 0 Å². The molecule has 0 aliphatic carbocycles. The molecule has 0 aromatic carbocycles. The van der Waals surface area contributed by atoms with E-state index in [1.165, 1.54) is 48.1 Å². The van der Waals surface area contributed by atoms with Crippen molar-refractivity contribution in [2.45, 2.75) is 0 Å². The maximum Gasteiger partial charge on any atom is 0.0464 e. The Bertz CT molecular complexity index is 1150. The molecule has 126 valence electrons. The molecular weight excluding hydrogens is 433 g/mol. The molecule has 6 aromatic heterocycles. The lowest BCUT2D eigenvalue weighted by atomic mass is 10.3. The number of fused-ring (bicyclic) bond motifs is 2. The molecule has 0 aliphatic heterocycles. The molecule has 0 saturated heterocycles. The van der Waals surface area contributed by atoms with Crippen molar-refractivity contribution in [2.24, 2.45) is 0 Å². The molecule has 0 spiro atoms. The summed E-state index contributed by atoms with van der Waals surface area (Å²) in [5.41, 5.74) is 0. The minimum atomic E-state index is 1.37. The van der Waals surface area contributed by atoms with Gasteiger partial charge in [0.2, 0.25) is 0 Å². The van der Waals surface area contributed by atoms with Gasteiger partial charge in [0.15, 0.2) is 0 Å². The Balaban J connectivity index is 1.38. The van der Waals surface area contributed by atoms with Crippen LogP contribution < -0.4 is 0 Å². The van der Waals surface area contributed by atoms with Gasteiger partial charge in [-0.15, -0.1) is 68.0 Å². The maximum atomic E-state index is 2.37. The minimum Gasteiger partial charge on any atom is -0.143 e. The standard InChI is InChI=1S/C20H10S6/c1-3-11(21-5-1)13-7-15-17(23-13)9-19(25-15)20-10-18-16(26-20)8-14(24-18)12-4-2-6-22-12/h1-10H. The summed E-state index contributed by atoms with van der Waals surface area (Å²) in [5, 5.41) is 4.30. The molecule has 0 unspecified atom stereocenters. The van der Waals surface area contributed by atoms with Gasteiger partial charge in [-0.05, 0) is 47.2 Å². The van der Waals surface area contributed by atoms with Crippen molar-refractivity contribution >= 4 is 86.8 Å². The minimum absolute atomic E-state index is 1.37. The van der Waals surface area contributed by atoms with Crippen LogP contribution in [0.4, 0.5) is 0 Å². The Labute approximate surface area is 174 Å². The second kappa shape index (κ2) is 6.12. The lowest BCUT2D eigenvalue weighted by molar-refractivity contribution is 1.97. The Hall–Kier alpha value is -1.28. The van der Waals surface area contributed by atoms with Gasteiger partial charge in [-0.25, -0.2) is 0 Å². The fourth-order valence-corrected chi connectivity index (χ4v) is 9.51. The van der Waals surface area contributed by atoms with Crippen LogP contribution in [0, 0.1) is 0 Å². The van der Waals surface area contributed by atoms with Crippen LogP contribution in [0.15, 0.2) is 59.3 Å². The molecule has 6 heterocycles. The van der Waals surface area contributed by atoms with Crippen LogP contribution >= 0.6 is 68.0 Å². The predicted octanol–water partition coefficient (Wildman–Crippen LogP) is 9.36. The van der Waals surface area contributed by atoms with Gasteiger partial charge in [-0.1, -0.05) is 12.1 Å². The number of hydrogen-bond donors (Lipinski definition) is 0. The van der Waals surface area contributed by atoms with Crippen molar-refractivity contribution in [1.29, 1.82) is 0 Å². The Morgan fingerprint density at radius 2 is 0.769 bits per heavy atom. The molecular formula is C20H10S6. The third-order valence-corrected chi connectivity index (χ3v) is 11.1. The van der Waals surface area contributed by atoms with E-state index in [1.54, 1.807) is 0 Å². The predicted molar refractivity (Wildman–Crippen MR) is 125 cm³/mol. The van der Waals surface area contributed by atoms with Crippen LogP contribution in [-0.4, -0.2) is 0 Å². The lowest BCUT2D eigenvalue weighted by Crippen LogP contribution is -1.60. The fraction of sp³-hybridized carbons (Fsp3) is 0. The van der Waals surface area contributed by atoms with Gasteiger partial charge in [0.1, 0.15) is 0 Å². The van der Waals surface area contributed by atoms with Crippen molar-refractivity contribution in [2.75, 3.05) is 0 Å². The quantitative estimate of drug-likeness (QED) is 0.256. The molecule has 0 atom stereocenters. The van der Waals surface area contributed by atoms with Crippen LogP contribution in [0.25, 0.3) is 48.1 Å². The van der Waals surface area contributed by atoms with E-state index in [4.69, 9.17) is 0 Å². The van der Waals surface area contributed by atoms with Crippen LogP contribution in [0.5, 0.6) is 0 Å². The molecule has 0 radical (unpaired) electrons. The summed E-state index contributed by atoms with van der Waals surface area (Å²) in [7, 11) is 0. The monoisotopic (exact) mass is 442 g/mol. The maximum absolute atomic E-state index is 2.37. The van der Waals surface area contributed by atoms with E-state index in [9.17, 15) is 0 Å². The van der Waals surface area contributed by atoms with Gasteiger partial charge >= 0.3 is 0 Å². The third-order valence-electron chi connectivity index (χ3n) is 4.19. The molecule has 0 nitrogen and oxygen atoms in total. The SMILES string of the molecule is c1csc(-c2cc3sc(-c4cc5sc(-c6cccs6)cc5s4)cc3s2)c1. The van der Waals surface area contributed by atoms with Gasteiger partial charge < -0.3 is 0 Å². The summed E-state index contributed by atoms with van der Waals surface area (Å²) < 4.78 is 5.63. The van der Waals surface area contributed by atoms with Crippen LogP contribution in [0.3, 0.4) is 0 Å². The molecule has 0 N–H and O–H groups in total. The second-order valence-electron chi connectivity index (χ2n) is 5.85. The van der Waals surface area contributed by atoms with E-state index in [-0.39, 0.29) is 0 Å². The molecule has 6 rings (SSSR count). The Morgan fingerprint density at radius 3 is 1.08 bits per heavy atom. The first-order valence-electron chi connectivity index (χ1n) is 7.98. The smallest absolute Gasteiger partial charge is 0.0464 e. The van der Waals surface area contributed by atoms with Crippen LogP contribution in [-0.2, 0) is 0 Å². The third kappa shape index (κ3) is 2.56. The summed E-state index contributed by atoms with van der Waals surface area (Å²) >= 11 is 11.3. The summed E-state index contributed by atoms with van der Waals surface area (Å²) in [6.07, 6.45) is 0. The summed E-state index contributed by atoms with van der Waals surface area (Å²) in [5.74, 6) is 0. The van der Waals surface area contributed by atoms with E-state index < -0.39 is 0 Å². The molecule has 0 fully saturated rings. The first-order valence-corrected chi connectivity index (χ1v) is 13.0. The van der Waals surface area contributed by atoms with E-state index in [1.807, 2.05) is 68.0 Å². The number of thiophene rings is 6. The molecule has 0 amide bonds. The lowest BCUT2D eigenvalue weighted by Gasteiger charge is -1.91. The van der Waals surface area contributed by atoms with Gasteiger partial charge in [0.05, 0.1) is 0 Å². The van der Waals surface area contributed by atoms with E-state index in [0.717, 1.165) is 0 Å². The molecule has 0 aliphatic rings. The van der Waals surface area contributed by atoms with E-state index in [2.05, 4.69) is 59.3 Å². The first kappa shape index (κ1) is 15.7. The average molecular weight is 443 g/mol. The Kier molecular flexibility index (Phi) is 3.71. The van der Waals surface area contributed by atoms with Gasteiger partial charge in [-0.2, -0.15) is 0 Å². The zero-order valence-electron chi connectivity index (χ0n) is 13.2. The van der Waals surface area contributed by atoms with Gasteiger partial charge in [-0.3, -0.25) is 0 Å². The molecule has 0 bridgehead atoms. The fourth-order valence-electron chi connectivity index (χ4n) is 2.99. The average Bonchev–Trinajstić information content (AvgIpc) is 3.44. The van der Waals surface area contributed by atoms with Crippen LogP contribution in [0.2, 0.25) is 0 Å². The van der Waals surface area contributed by atoms with Gasteiger partial charge in [0.25, 0.3) is 0 Å².